The molecular formula is C25H23N3O2S2. The normalized spacial score (nSPS) is 14.2. The SMILES string of the molecule is Cc1ccccc1N(c1ccc(C=C2C(=O)N(C)C(=S)N(C)C2=O)s1)c1ccccc1C. The molecule has 5 nitrogen and oxygen atoms in total. The van der Waals surface area contributed by atoms with Gasteiger partial charge in [-0.1, -0.05) is 36.4 Å². The van der Waals surface area contributed by atoms with Gasteiger partial charge in [0.25, 0.3) is 11.8 Å². The minimum absolute atomic E-state index is 0.107. The molecule has 0 atom stereocenters. The van der Waals surface area contributed by atoms with Gasteiger partial charge in [0, 0.05) is 30.3 Å². The average molecular weight is 462 g/mol. The summed E-state index contributed by atoms with van der Waals surface area (Å²) in [5.74, 6) is -0.773. The molecule has 0 unspecified atom stereocenters. The molecule has 2 aromatic carbocycles. The smallest absolute Gasteiger partial charge is 0.265 e. The maximum Gasteiger partial charge on any atom is 0.265 e. The molecule has 2 heterocycles. The van der Waals surface area contributed by atoms with E-state index in [0.29, 0.717) is 0 Å². The maximum atomic E-state index is 12.7. The minimum atomic E-state index is -0.386. The van der Waals surface area contributed by atoms with E-state index in [-0.39, 0.29) is 22.5 Å². The van der Waals surface area contributed by atoms with Gasteiger partial charge in [-0.3, -0.25) is 19.4 Å². The third-order valence-corrected chi connectivity index (χ3v) is 7.04. The quantitative estimate of drug-likeness (QED) is 0.295. The number of aryl methyl sites for hydroxylation is 2. The summed E-state index contributed by atoms with van der Waals surface area (Å²) in [7, 11) is 3.17. The molecule has 0 aliphatic carbocycles. The first-order valence-corrected chi connectivity index (χ1v) is 11.3. The van der Waals surface area contributed by atoms with Crippen molar-refractivity contribution in [3.05, 3.63) is 82.2 Å². The van der Waals surface area contributed by atoms with Crippen LogP contribution >= 0.6 is 23.6 Å². The number of anilines is 3. The van der Waals surface area contributed by atoms with E-state index in [1.165, 1.54) is 21.1 Å². The van der Waals surface area contributed by atoms with E-state index in [4.69, 9.17) is 12.2 Å². The van der Waals surface area contributed by atoms with Crippen molar-refractivity contribution < 1.29 is 9.59 Å². The second-order valence-corrected chi connectivity index (χ2v) is 9.11. The first-order chi connectivity index (χ1) is 15.3. The summed E-state index contributed by atoms with van der Waals surface area (Å²) in [5, 5.41) is 1.20. The monoisotopic (exact) mass is 461 g/mol. The molecule has 32 heavy (non-hydrogen) atoms. The van der Waals surface area contributed by atoms with Gasteiger partial charge in [0.1, 0.15) is 10.6 Å². The molecule has 0 saturated carbocycles. The second-order valence-electron chi connectivity index (χ2n) is 7.65. The fraction of sp³-hybridized carbons (Fsp3) is 0.160. The first kappa shape index (κ1) is 21.9. The van der Waals surface area contributed by atoms with Crippen molar-refractivity contribution in [3.8, 4) is 0 Å². The molecule has 4 rings (SSSR count). The molecule has 0 radical (unpaired) electrons. The number of nitrogens with zero attached hydrogens (tertiary/aromatic N) is 3. The van der Waals surface area contributed by atoms with Gasteiger partial charge in [-0.05, 0) is 67.5 Å². The maximum absolute atomic E-state index is 12.7. The number of carbonyl (C=O) groups excluding carboxylic acids is 2. The average Bonchev–Trinajstić information content (AvgIpc) is 3.25. The number of carbonyl (C=O) groups is 2. The molecule has 1 aliphatic rings. The molecule has 0 spiro atoms. The van der Waals surface area contributed by atoms with Crippen LogP contribution in [0.3, 0.4) is 0 Å². The Balaban J connectivity index is 1.79. The van der Waals surface area contributed by atoms with Gasteiger partial charge in [0.15, 0.2) is 5.11 Å². The molecule has 0 N–H and O–H groups in total. The standard InChI is InChI=1S/C25H23N3O2S2/c1-16-9-5-7-11-20(16)28(21-12-8-6-10-17(21)2)22-14-13-18(32-22)15-19-23(29)26(3)25(31)27(4)24(19)30/h5-15H,1-4H3. The zero-order valence-electron chi connectivity index (χ0n) is 18.3. The second kappa shape index (κ2) is 8.68. The van der Waals surface area contributed by atoms with E-state index in [2.05, 4.69) is 43.0 Å². The van der Waals surface area contributed by atoms with Crippen LogP contribution in [0.2, 0.25) is 0 Å². The topological polar surface area (TPSA) is 43.9 Å². The Kier molecular flexibility index (Phi) is 5.95. The number of rotatable bonds is 4. The summed E-state index contributed by atoms with van der Waals surface area (Å²) in [6.45, 7) is 4.18. The summed E-state index contributed by atoms with van der Waals surface area (Å²) in [6, 6.07) is 20.4. The van der Waals surface area contributed by atoms with E-state index in [9.17, 15) is 9.59 Å². The third-order valence-electron chi connectivity index (χ3n) is 5.48. The highest BCUT2D eigenvalue weighted by atomic mass is 32.1. The largest absolute Gasteiger partial charge is 0.301 e. The number of likely N-dealkylation sites (N-methyl/N-ethyl adjacent to an activating group) is 2. The van der Waals surface area contributed by atoms with Crippen molar-refractivity contribution in [1.82, 2.24) is 9.80 Å². The van der Waals surface area contributed by atoms with E-state index < -0.39 is 0 Å². The van der Waals surface area contributed by atoms with Crippen molar-refractivity contribution in [3.63, 3.8) is 0 Å². The highest BCUT2D eigenvalue weighted by Gasteiger charge is 2.35. The highest BCUT2D eigenvalue weighted by Crippen LogP contribution is 2.42. The van der Waals surface area contributed by atoms with Crippen LogP contribution in [0.4, 0.5) is 16.4 Å². The molecule has 162 valence electrons. The summed E-state index contributed by atoms with van der Waals surface area (Å²) >= 11 is 6.70. The lowest BCUT2D eigenvalue weighted by atomic mass is 10.1. The highest BCUT2D eigenvalue weighted by molar-refractivity contribution is 7.80. The number of thiophene rings is 1. The van der Waals surface area contributed by atoms with Gasteiger partial charge in [-0.15, -0.1) is 11.3 Å². The lowest BCUT2D eigenvalue weighted by Crippen LogP contribution is -2.52. The lowest BCUT2D eigenvalue weighted by molar-refractivity contribution is -0.132. The number of hydrogen-bond donors (Lipinski definition) is 0. The molecular weight excluding hydrogens is 438 g/mol. The summed E-state index contributed by atoms with van der Waals surface area (Å²) in [5.41, 5.74) is 4.57. The van der Waals surface area contributed by atoms with Crippen LogP contribution in [0.25, 0.3) is 6.08 Å². The summed E-state index contributed by atoms with van der Waals surface area (Å²) in [6.07, 6.45) is 1.65. The molecule has 3 aromatic rings. The number of hydrogen-bond acceptors (Lipinski definition) is 5. The Labute approximate surface area is 197 Å². The number of thiocarbonyl (C=S) groups is 1. The van der Waals surface area contributed by atoms with Gasteiger partial charge in [0.2, 0.25) is 0 Å². The van der Waals surface area contributed by atoms with Crippen LogP contribution in [0.15, 0.2) is 66.2 Å². The van der Waals surface area contributed by atoms with Gasteiger partial charge in [-0.25, -0.2) is 0 Å². The molecule has 1 saturated heterocycles. The number of para-hydroxylation sites is 2. The zero-order chi connectivity index (χ0) is 23.0. The molecule has 1 aliphatic heterocycles. The van der Waals surface area contributed by atoms with E-state index >= 15 is 0 Å². The molecule has 0 bridgehead atoms. The van der Waals surface area contributed by atoms with Crippen molar-refractivity contribution in [1.29, 1.82) is 0 Å². The van der Waals surface area contributed by atoms with Crippen molar-refractivity contribution >= 4 is 62.9 Å². The van der Waals surface area contributed by atoms with E-state index in [1.54, 1.807) is 20.2 Å². The Morgan fingerprint density at radius 1 is 0.812 bits per heavy atom. The van der Waals surface area contributed by atoms with Crippen molar-refractivity contribution in [2.75, 3.05) is 19.0 Å². The Morgan fingerprint density at radius 2 is 1.31 bits per heavy atom. The van der Waals surface area contributed by atoms with Crippen LogP contribution in [0.1, 0.15) is 16.0 Å². The zero-order valence-corrected chi connectivity index (χ0v) is 20.0. The van der Waals surface area contributed by atoms with Crippen LogP contribution < -0.4 is 4.90 Å². The van der Waals surface area contributed by atoms with E-state index in [1.807, 2.05) is 36.4 Å². The van der Waals surface area contributed by atoms with Crippen LogP contribution in [-0.4, -0.2) is 40.8 Å². The molecule has 1 fully saturated rings. The Morgan fingerprint density at radius 3 is 1.81 bits per heavy atom. The fourth-order valence-electron chi connectivity index (χ4n) is 3.65. The fourth-order valence-corrected chi connectivity index (χ4v) is 4.80. The van der Waals surface area contributed by atoms with Crippen molar-refractivity contribution in [2.45, 2.75) is 13.8 Å². The van der Waals surface area contributed by atoms with Gasteiger partial charge in [-0.2, -0.15) is 0 Å². The number of amides is 2. The third kappa shape index (κ3) is 3.85. The van der Waals surface area contributed by atoms with Crippen LogP contribution in [-0.2, 0) is 9.59 Å². The summed E-state index contributed by atoms with van der Waals surface area (Å²) in [4.78, 5) is 31.1. The Hall–Kier alpha value is -3.29. The van der Waals surface area contributed by atoms with Crippen LogP contribution in [0.5, 0.6) is 0 Å². The lowest BCUT2D eigenvalue weighted by Gasteiger charge is -2.31. The van der Waals surface area contributed by atoms with Gasteiger partial charge in [0.05, 0.1) is 0 Å². The van der Waals surface area contributed by atoms with Gasteiger partial charge >= 0.3 is 0 Å². The van der Waals surface area contributed by atoms with Crippen LogP contribution in [0, 0.1) is 13.8 Å². The van der Waals surface area contributed by atoms with Gasteiger partial charge < -0.3 is 4.90 Å². The predicted molar refractivity (Wildman–Crippen MR) is 135 cm³/mol. The number of benzene rings is 2. The van der Waals surface area contributed by atoms with Crippen molar-refractivity contribution in [2.24, 2.45) is 0 Å². The Bertz CT molecular complexity index is 1190. The predicted octanol–water partition coefficient (Wildman–Crippen LogP) is 5.43. The molecule has 7 heteroatoms. The first-order valence-electron chi connectivity index (χ1n) is 10.1. The summed E-state index contributed by atoms with van der Waals surface area (Å²) < 4.78 is 0. The minimum Gasteiger partial charge on any atom is -0.301 e. The molecule has 2 amide bonds. The molecule has 1 aromatic heterocycles. The van der Waals surface area contributed by atoms with E-state index in [0.717, 1.165) is 32.4 Å².